The Balaban J connectivity index is 1.84. The third-order valence-corrected chi connectivity index (χ3v) is 4.80. The second-order valence-corrected chi connectivity index (χ2v) is 6.39. The monoisotopic (exact) mass is 307 g/mol. The van der Waals surface area contributed by atoms with Crippen LogP contribution < -0.4 is 5.73 Å². The summed E-state index contributed by atoms with van der Waals surface area (Å²) in [6.45, 7) is 0. The van der Waals surface area contributed by atoms with E-state index in [9.17, 15) is 0 Å². The van der Waals surface area contributed by atoms with Crippen LogP contribution in [0.3, 0.4) is 0 Å². The van der Waals surface area contributed by atoms with Gasteiger partial charge in [0.05, 0.1) is 12.1 Å². The van der Waals surface area contributed by atoms with Crippen LogP contribution in [0.2, 0.25) is 5.02 Å². The molecule has 3 rings (SSSR count). The SMILES string of the molecule is COC(C1CCCCC1)C(N)c1cc2cc(Cl)ccc2o1. The van der Waals surface area contributed by atoms with E-state index in [0.717, 1.165) is 16.7 Å². The number of nitrogens with two attached hydrogens (primary N) is 1. The third kappa shape index (κ3) is 3.10. The molecule has 0 saturated heterocycles. The number of methoxy groups -OCH3 is 1. The Morgan fingerprint density at radius 3 is 2.71 bits per heavy atom. The number of fused-ring (bicyclic) bond motifs is 1. The molecular formula is C17H22ClNO2. The summed E-state index contributed by atoms with van der Waals surface area (Å²) in [5.41, 5.74) is 7.25. The first-order chi connectivity index (χ1) is 10.2. The number of halogens is 1. The Morgan fingerprint density at radius 2 is 2.00 bits per heavy atom. The van der Waals surface area contributed by atoms with Crippen molar-refractivity contribution in [1.82, 2.24) is 0 Å². The summed E-state index contributed by atoms with van der Waals surface area (Å²) in [4.78, 5) is 0. The minimum absolute atomic E-state index is 0.0151. The highest BCUT2D eigenvalue weighted by Gasteiger charge is 2.31. The molecule has 1 aliphatic carbocycles. The Bertz CT molecular complexity index is 604. The number of ether oxygens (including phenoxy) is 1. The summed E-state index contributed by atoms with van der Waals surface area (Å²) in [5.74, 6) is 1.31. The summed E-state index contributed by atoms with van der Waals surface area (Å²) in [7, 11) is 1.75. The predicted molar refractivity (Wildman–Crippen MR) is 85.5 cm³/mol. The van der Waals surface area contributed by atoms with Crippen LogP contribution in [0.5, 0.6) is 0 Å². The number of hydrogen-bond acceptors (Lipinski definition) is 3. The molecule has 1 aliphatic rings. The van der Waals surface area contributed by atoms with Crippen molar-refractivity contribution in [3.63, 3.8) is 0 Å². The highest BCUT2D eigenvalue weighted by molar-refractivity contribution is 6.31. The highest BCUT2D eigenvalue weighted by Crippen LogP contribution is 2.35. The standard InChI is InChI=1S/C17H22ClNO2/c1-20-17(11-5-3-2-4-6-11)16(19)15-10-12-9-13(18)7-8-14(12)21-15/h7-11,16-17H,2-6,19H2,1H3. The van der Waals surface area contributed by atoms with Gasteiger partial charge in [-0.15, -0.1) is 0 Å². The van der Waals surface area contributed by atoms with E-state index in [1.54, 1.807) is 7.11 Å². The lowest BCUT2D eigenvalue weighted by atomic mass is 9.82. The van der Waals surface area contributed by atoms with E-state index in [1.807, 2.05) is 24.3 Å². The van der Waals surface area contributed by atoms with Crippen molar-refractivity contribution in [3.05, 3.63) is 35.0 Å². The van der Waals surface area contributed by atoms with Crippen LogP contribution in [0.15, 0.2) is 28.7 Å². The molecule has 0 amide bonds. The number of furan rings is 1. The first-order valence-electron chi connectivity index (χ1n) is 7.66. The summed E-state index contributed by atoms with van der Waals surface area (Å²) in [5, 5.41) is 1.70. The fourth-order valence-corrected chi connectivity index (χ4v) is 3.64. The minimum Gasteiger partial charge on any atom is -0.459 e. The lowest BCUT2D eigenvalue weighted by Gasteiger charge is -2.32. The first kappa shape index (κ1) is 14.9. The normalized spacial score (nSPS) is 19.8. The van der Waals surface area contributed by atoms with Gasteiger partial charge in [0, 0.05) is 17.5 Å². The van der Waals surface area contributed by atoms with E-state index in [1.165, 1.54) is 32.1 Å². The zero-order valence-electron chi connectivity index (χ0n) is 12.3. The van der Waals surface area contributed by atoms with Gasteiger partial charge in [0.15, 0.2) is 0 Å². The van der Waals surface area contributed by atoms with Crippen molar-refractivity contribution in [2.45, 2.75) is 44.2 Å². The molecule has 1 heterocycles. The van der Waals surface area contributed by atoms with Gasteiger partial charge in [-0.25, -0.2) is 0 Å². The average Bonchev–Trinajstić information content (AvgIpc) is 2.92. The van der Waals surface area contributed by atoms with Gasteiger partial charge in [-0.1, -0.05) is 30.9 Å². The predicted octanol–water partition coefficient (Wildman–Crippen LogP) is 4.68. The van der Waals surface area contributed by atoms with E-state index >= 15 is 0 Å². The fraction of sp³-hybridized carbons (Fsp3) is 0.529. The Kier molecular flexibility index (Phi) is 4.53. The lowest BCUT2D eigenvalue weighted by Crippen LogP contribution is -2.35. The quantitative estimate of drug-likeness (QED) is 0.892. The highest BCUT2D eigenvalue weighted by atomic mass is 35.5. The van der Waals surface area contributed by atoms with Gasteiger partial charge in [0.2, 0.25) is 0 Å². The van der Waals surface area contributed by atoms with Gasteiger partial charge in [-0.05, 0) is 43.0 Å². The lowest BCUT2D eigenvalue weighted by molar-refractivity contribution is 0.0129. The zero-order chi connectivity index (χ0) is 14.8. The molecule has 0 radical (unpaired) electrons. The largest absolute Gasteiger partial charge is 0.459 e. The van der Waals surface area contributed by atoms with Crippen LogP contribution in [0.25, 0.3) is 11.0 Å². The summed E-state index contributed by atoms with van der Waals surface area (Å²) < 4.78 is 11.6. The van der Waals surface area contributed by atoms with Crippen molar-refractivity contribution in [2.24, 2.45) is 11.7 Å². The van der Waals surface area contributed by atoms with Crippen LogP contribution in [0.4, 0.5) is 0 Å². The maximum atomic E-state index is 6.43. The van der Waals surface area contributed by atoms with Crippen LogP contribution in [0, 0.1) is 5.92 Å². The fourth-order valence-electron chi connectivity index (χ4n) is 3.46. The van der Waals surface area contributed by atoms with Gasteiger partial charge >= 0.3 is 0 Å². The molecule has 4 heteroatoms. The molecule has 2 atom stereocenters. The molecule has 1 aromatic carbocycles. The smallest absolute Gasteiger partial charge is 0.134 e. The Labute approximate surface area is 130 Å². The minimum atomic E-state index is -0.232. The zero-order valence-corrected chi connectivity index (χ0v) is 13.1. The van der Waals surface area contributed by atoms with Gasteiger partial charge in [0.25, 0.3) is 0 Å². The van der Waals surface area contributed by atoms with Crippen molar-refractivity contribution >= 4 is 22.6 Å². The van der Waals surface area contributed by atoms with Crippen LogP contribution in [0.1, 0.15) is 43.9 Å². The van der Waals surface area contributed by atoms with Gasteiger partial charge in [-0.3, -0.25) is 0 Å². The molecule has 1 aromatic heterocycles. The molecule has 0 spiro atoms. The van der Waals surface area contributed by atoms with E-state index in [-0.39, 0.29) is 12.1 Å². The molecule has 3 nitrogen and oxygen atoms in total. The van der Waals surface area contributed by atoms with Crippen molar-refractivity contribution in [1.29, 1.82) is 0 Å². The molecule has 1 saturated carbocycles. The Morgan fingerprint density at radius 1 is 1.24 bits per heavy atom. The molecule has 2 unspecified atom stereocenters. The first-order valence-corrected chi connectivity index (χ1v) is 8.04. The molecule has 2 aromatic rings. The van der Waals surface area contributed by atoms with E-state index in [0.29, 0.717) is 10.9 Å². The Hall–Kier alpha value is -1.03. The molecule has 114 valence electrons. The second kappa shape index (κ2) is 6.39. The third-order valence-electron chi connectivity index (χ3n) is 4.57. The molecule has 0 aliphatic heterocycles. The summed E-state index contributed by atoms with van der Waals surface area (Å²) >= 11 is 6.02. The molecule has 21 heavy (non-hydrogen) atoms. The van der Waals surface area contributed by atoms with Crippen molar-refractivity contribution in [3.8, 4) is 0 Å². The maximum Gasteiger partial charge on any atom is 0.134 e. The molecule has 2 N–H and O–H groups in total. The molecule has 1 fully saturated rings. The van der Waals surface area contributed by atoms with Crippen molar-refractivity contribution < 1.29 is 9.15 Å². The van der Waals surface area contributed by atoms with Crippen molar-refractivity contribution in [2.75, 3.05) is 7.11 Å². The summed E-state index contributed by atoms with van der Waals surface area (Å²) in [6, 6.07) is 7.37. The van der Waals surface area contributed by atoms with Gasteiger partial charge in [-0.2, -0.15) is 0 Å². The molecule has 0 bridgehead atoms. The number of benzene rings is 1. The number of hydrogen-bond donors (Lipinski definition) is 1. The maximum absolute atomic E-state index is 6.43. The van der Waals surface area contributed by atoms with E-state index in [4.69, 9.17) is 26.5 Å². The molecular weight excluding hydrogens is 286 g/mol. The van der Waals surface area contributed by atoms with E-state index in [2.05, 4.69) is 0 Å². The topological polar surface area (TPSA) is 48.4 Å². The van der Waals surface area contributed by atoms with Crippen LogP contribution >= 0.6 is 11.6 Å². The van der Waals surface area contributed by atoms with Crippen LogP contribution in [-0.2, 0) is 4.74 Å². The van der Waals surface area contributed by atoms with Crippen LogP contribution in [-0.4, -0.2) is 13.2 Å². The second-order valence-electron chi connectivity index (χ2n) is 5.96. The van der Waals surface area contributed by atoms with E-state index < -0.39 is 0 Å². The number of rotatable bonds is 4. The summed E-state index contributed by atoms with van der Waals surface area (Å²) in [6.07, 6.45) is 6.27. The average molecular weight is 308 g/mol. The van der Waals surface area contributed by atoms with Gasteiger partial charge < -0.3 is 14.9 Å². The van der Waals surface area contributed by atoms with Gasteiger partial charge in [0.1, 0.15) is 11.3 Å².